The van der Waals surface area contributed by atoms with Gasteiger partial charge in [0.25, 0.3) is 5.56 Å². The molecule has 6 rings (SSSR count). The van der Waals surface area contributed by atoms with Crippen molar-refractivity contribution >= 4 is 44.7 Å². The van der Waals surface area contributed by atoms with Gasteiger partial charge in [-0.15, -0.1) is 0 Å². The molecule has 2 heterocycles. The first-order valence-electron chi connectivity index (χ1n) is 12.3. The fraction of sp³-hybridized carbons (Fsp3) is 0.167. The van der Waals surface area contributed by atoms with E-state index in [0.717, 1.165) is 22.2 Å². The van der Waals surface area contributed by atoms with Gasteiger partial charge in [0.05, 0.1) is 36.4 Å². The summed E-state index contributed by atoms with van der Waals surface area (Å²) in [6, 6.07) is 18.5. The minimum absolute atomic E-state index is 0.0957. The van der Waals surface area contributed by atoms with E-state index in [4.69, 9.17) is 21.1 Å². The number of fused-ring (bicyclic) bond motifs is 6. The molecule has 38 heavy (non-hydrogen) atoms. The van der Waals surface area contributed by atoms with Crippen LogP contribution in [0.1, 0.15) is 22.3 Å². The number of pyridine rings is 2. The third-order valence-electron chi connectivity index (χ3n) is 7.01. The number of methoxy groups -OCH3 is 2. The summed E-state index contributed by atoms with van der Waals surface area (Å²) in [6.45, 7) is 1.01. The van der Waals surface area contributed by atoms with Crippen LogP contribution < -0.4 is 20.3 Å². The van der Waals surface area contributed by atoms with Gasteiger partial charge in [0.15, 0.2) is 17.3 Å². The Labute approximate surface area is 223 Å². The lowest BCUT2D eigenvalue weighted by atomic mass is 10.0. The van der Waals surface area contributed by atoms with Crippen LogP contribution in [0.3, 0.4) is 0 Å². The van der Waals surface area contributed by atoms with Gasteiger partial charge in [0.2, 0.25) is 0 Å². The second-order valence-corrected chi connectivity index (χ2v) is 9.52. The van der Waals surface area contributed by atoms with Crippen molar-refractivity contribution in [3.63, 3.8) is 0 Å². The third-order valence-corrected chi connectivity index (χ3v) is 7.25. The summed E-state index contributed by atoms with van der Waals surface area (Å²) in [6.07, 6.45) is 2.38. The minimum Gasteiger partial charge on any atom is -0.493 e. The Balaban J connectivity index is 1.41. The molecule has 1 aliphatic rings. The van der Waals surface area contributed by atoms with Gasteiger partial charge < -0.3 is 19.4 Å². The fourth-order valence-electron chi connectivity index (χ4n) is 5.33. The highest BCUT2D eigenvalue weighted by atomic mass is 35.5. The van der Waals surface area contributed by atoms with Gasteiger partial charge in [-0.3, -0.25) is 14.6 Å². The highest BCUT2D eigenvalue weighted by molar-refractivity contribution is 6.31. The molecule has 3 aromatic carbocycles. The van der Waals surface area contributed by atoms with E-state index >= 15 is 0 Å². The lowest BCUT2D eigenvalue weighted by molar-refractivity contribution is 0.104. The number of nitrogens with one attached hydrogen (secondary N) is 1. The first-order chi connectivity index (χ1) is 18.5. The number of ether oxygens (including phenoxy) is 2. The molecule has 0 atom stereocenters. The van der Waals surface area contributed by atoms with Gasteiger partial charge in [-0.05, 0) is 42.8 Å². The Kier molecular flexibility index (Phi) is 6.00. The number of nitrogens with zero attached hydrogens (tertiary/aromatic N) is 2. The molecule has 1 N–H and O–H groups in total. The predicted octanol–water partition coefficient (Wildman–Crippen LogP) is 5.93. The maximum absolute atomic E-state index is 14.0. The van der Waals surface area contributed by atoms with Crippen molar-refractivity contribution < 1.29 is 14.3 Å². The molecule has 0 bridgehead atoms. The van der Waals surface area contributed by atoms with Crippen LogP contribution in [-0.4, -0.2) is 36.1 Å². The minimum atomic E-state index is -0.219. The zero-order chi connectivity index (χ0) is 26.4. The van der Waals surface area contributed by atoms with Crippen LogP contribution in [0.25, 0.3) is 32.9 Å². The van der Waals surface area contributed by atoms with Crippen molar-refractivity contribution in [1.82, 2.24) is 9.55 Å². The number of halogens is 1. The molecule has 0 fully saturated rings. The van der Waals surface area contributed by atoms with E-state index in [9.17, 15) is 9.59 Å². The molecule has 0 unspecified atom stereocenters. The van der Waals surface area contributed by atoms with Crippen molar-refractivity contribution in [2.24, 2.45) is 0 Å². The van der Waals surface area contributed by atoms with Crippen LogP contribution >= 0.6 is 11.6 Å². The zero-order valence-electron chi connectivity index (χ0n) is 20.9. The van der Waals surface area contributed by atoms with Crippen LogP contribution in [0, 0.1) is 0 Å². The number of carbonyl (C=O) groups is 1. The fourth-order valence-corrected chi connectivity index (χ4v) is 5.49. The first kappa shape index (κ1) is 24.0. The Morgan fingerprint density at radius 1 is 0.947 bits per heavy atom. The third kappa shape index (κ3) is 3.70. The molecule has 190 valence electrons. The smallest absolute Gasteiger partial charge is 0.262 e. The number of benzene rings is 3. The number of aromatic nitrogens is 2. The molecule has 5 aromatic rings. The van der Waals surface area contributed by atoms with Gasteiger partial charge in [-0.25, -0.2) is 0 Å². The molecule has 0 radical (unpaired) electrons. The summed E-state index contributed by atoms with van der Waals surface area (Å²) in [5.41, 5.74) is 4.06. The lowest BCUT2D eigenvalue weighted by Gasteiger charge is -2.18. The summed E-state index contributed by atoms with van der Waals surface area (Å²) in [5, 5.41) is 5.98. The van der Waals surface area contributed by atoms with Crippen LogP contribution in [0.15, 0.2) is 71.7 Å². The summed E-state index contributed by atoms with van der Waals surface area (Å²) in [5.74, 6) is 0.676. The van der Waals surface area contributed by atoms with Gasteiger partial charge in [0, 0.05) is 51.9 Å². The number of carbonyl (C=O) groups excluding carboxylic acids is 1. The van der Waals surface area contributed by atoms with Crippen LogP contribution in [0.5, 0.6) is 11.5 Å². The Hall–Kier alpha value is -4.36. The summed E-state index contributed by atoms with van der Waals surface area (Å²) in [4.78, 5) is 32.0. The molecule has 0 spiro atoms. The highest BCUT2D eigenvalue weighted by Crippen LogP contribution is 2.43. The van der Waals surface area contributed by atoms with Crippen molar-refractivity contribution in [2.75, 3.05) is 26.1 Å². The van der Waals surface area contributed by atoms with Crippen molar-refractivity contribution in [1.29, 1.82) is 0 Å². The predicted molar refractivity (Wildman–Crippen MR) is 150 cm³/mol. The molecular formula is C30H24ClN3O4. The molecule has 0 aliphatic heterocycles. The van der Waals surface area contributed by atoms with E-state index in [0.29, 0.717) is 63.6 Å². The van der Waals surface area contributed by atoms with Crippen LogP contribution in [0.4, 0.5) is 5.69 Å². The molecule has 0 saturated carbocycles. The number of ketones is 1. The maximum atomic E-state index is 14.0. The molecule has 8 heteroatoms. The van der Waals surface area contributed by atoms with E-state index in [1.807, 2.05) is 42.5 Å². The maximum Gasteiger partial charge on any atom is 0.262 e. The van der Waals surface area contributed by atoms with Crippen LogP contribution in [0.2, 0.25) is 5.02 Å². The summed E-state index contributed by atoms with van der Waals surface area (Å²) < 4.78 is 12.8. The molecular weight excluding hydrogens is 502 g/mol. The average Bonchev–Trinajstić information content (AvgIpc) is 3.23. The monoisotopic (exact) mass is 525 g/mol. The van der Waals surface area contributed by atoms with Gasteiger partial charge in [0.1, 0.15) is 0 Å². The number of rotatable bonds is 7. The first-order valence-corrected chi connectivity index (χ1v) is 12.6. The molecule has 2 aromatic heterocycles. The van der Waals surface area contributed by atoms with Crippen molar-refractivity contribution in [3.8, 4) is 22.8 Å². The van der Waals surface area contributed by atoms with Gasteiger partial charge >= 0.3 is 0 Å². The van der Waals surface area contributed by atoms with Gasteiger partial charge in [-0.2, -0.15) is 0 Å². The quantitative estimate of drug-likeness (QED) is 0.260. The van der Waals surface area contributed by atoms with E-state index in [1.165, 1.54) is 14.2 Å². The number of anilines is 1. The topological polar surface area (TPSA) is 82.4 Å². The number of hydrogen-bond donors (Lipinski definition) is 1. The molecule has 0 amide bonds. The Morgan fingerprint density at radius 3 is 2.53 bits per heavy atom. The molecule has 0 saturated heterocycles. The lowest BCUT2D eigenvalue weighted by Crippen LogP contribution is -2.25. The number of hydrogen-bond acceptors (Lipinski definition) is 6. The van der Waals surface area contributed by atoms with Gasteiger partial charge in [-0.1, -0.05) is 35.9 Å². The van der Waals surface area contributed by atoms with Crippen molar-refractivity contribution in [3.05, 3.63) is 93.4 Å². The largest absolute Gasteiger partial charge is 0.493 e. The van der Waals surface area contributed by atoms with Crippen molar-refractivity contribution in [2.45, 2.75) is 13.0 Å². The molecule has 7 nitrogen and oxygen atoms in total. The second-order valence-electron chi connectivity index (χ2n) is 9.08. The average molecular weight is 526 g/mol. The SMILES string of the molecule is COc1ccc2c3c(n(CCCNc4ccnc5cc(Cl)ccc45)c(=O)c2c1OC)-c1ccccc1C3=O. The van der Waals surface area contributed by atoms with E-state index < -0.39 is 0 Å². The van der Waals surface area contributed by atoms with Crippen LogP contribution in [-0.2, 0) is 6.54 Å². The highest BCUT2D eigenvalue weighted by Gasteiger charge is 2.33. The molecule has 1 aliphatic carbocycles. The summed E-state index contributed by atoms with van der Waals surface area (Å²) in [7, 11) is 3.03. The summed E-state index contributed by atoms with van der Waals surface area (Å²) >= 11 is 6.12. The Morgan fingerprint density at radius 2 is 1.74 bits per heavy atom. The standard InChI is InChI=1S/C30H24ClN3O4/c1-37-24-11-10-21-25-27(18-6-3-4-7-19(18)28(25)35)34(30(36)26(21)29(24)38-2)15-5-13-32-22-12-14-33-23-16-17(31)8-9-20(22)23/h3-4,6-12,14,16H,5,13,15H2,1-2H3,(H,32,33). The van der Waals surface area contributed by atoms with E-state index in [-0.39, 0.29) is 11.3 Å². The zero-order valence-corrected chi connectivity index (χ0v) is 21.6. The Bertz CT molecular complexity index is 1810. The normalized spacial score (nSPS) is 12.0. The van der Waals surface area contributed by atoms with E-state index in [1.54, 1.807) is 29.0 Å². The van der Waals surface area contributed by atoms with E-state index in [2.05, 4.69) is 10.3 Å². The second kappa shape index (κ2) is 9.50.